The summed E-state index contributed by atoms with van der Waals surface area (Å²) >= 11 is 0. The standard InChI is InChI=1S/C13H22N2O2S/c1-4-15(18(16,17)10-11(2)3)9-12-6-5-7-13(14)8-12/h5-8,11H,4,9-10,14H2,1-3H3. The minimum Gasteiger partial charge on any atom is -0.399 e. The van der Waals surface area contributed by atoms with E-state index in [1.54, 1.807) is 6.07 Å². The van der Waals surface area contributed by atoms with Crippen molar-refractivity contribution in [2.45, 2.75) is 27.3 Å². The van der Waals surface area contributed by atoms with Crippen LogP contribution in [0.15, 0.2) is 24.3 Å². The normalized spacial score (nSPS) is 12.3. The van der Waals surface area contributed by atoms with Crippen LogP contribution in [0.3, 0.4) is 0 Å². The van der Waals surface area contributed by atoms with Crippen LogP contribution < -0.4 is 5.73 Å². The molecule has 0 fully saturated rings. The number of nitrogens with two attached hydrogens (primary N) is 1. The molecule has 0 saturated heterocycles. The first kappa shape index (κ1) is 15.0. The minimum atomic E-state index is -3.19. The number of nitrogens with zero attached hydrogens (tertiary/aromatic N) is 1. The minimum absolute atomic E-state index is 0.130. The van der Waals surface area contributed by atoms with Gasteiger partial charge in [0.25, 0.3) is 0 Å². The molecule has 18 heavy (non-hydrogen) atoms. The summed E-state index contributed by atoms with van der Waals surface area (Å²) in [4.78, 5) is 0. The fourth-order valence-corrected chi connectivity index (χ4v) is 3.62. The number of nitrogen functional groups attached to an aromatic ring is 1. The molecule has 4 nitrogen and oxygen atoms in total. The average Bonchev–Trinajstić information content (AvgIpc) is 2.24. The fraction of sp³-hybridized carbons (Fsp3) is 0.538. The van der Waals surface area contributed by atoms with Crippen molar-refractivity contribution in [2.75, 3.05) is 18.0 Å². The highest BCUT2D eigenvalue weighted by atomic mass is 32.2. The first-order valence-corrected chi connectivity index (χ1v) is 7.78. The maximum Gasteiger partial charge on any atom is 0.214 e. The molecule has 0 saturated carbocycles. The second-order valence-corrected chi connectivity index (χ2v) is 6.86. The third-order valence-electron chi connectivity index (χ3n) is 2.60. The first-order chi connectivity index (χ1) is 8.35. The number of sulfonamides is 1. The van der Waals surface area contributed by atoms with E-state index in [0.29, 0.717) is 18.8 Å². The van der Waals surface area contributed by atoms with Gasteiger partial charge in [-0.2, -0.15) is 4.31 Å². The molecule has 1 aromatic carbocycles. The summed E-state index contributed by atoms with van der Waals surface area (Å²) in [5.74, 6) is 0.313. The molecule has 0 aliphatic rings. The molecule has 0 unspecified atom stereocenters. The Bertz CT molecular complexity index is 484. The monoisotopic (exact) mass is 270 g/mol. The van der Waals surface area contributed by atoms with Gasteiger partial charge in [0, 0.05) is 18.8 Å². The third-order valence-corrected chi connectivity index (χ3v) is 4.86. The fourth-order valence-electron chi connectivity index (χ4n) is 1.83. The average molecular weight is 270 g/mol. The molecule has 1 rings (SSSR count). The molecule has 0 aliphatic carbocycles. The van der Waals surface area contributed by atoms with Crippen LogP contribution in [0, 0.1) is 5.92 Å². The molecule has 0 amide bonds. The van der Waals surface area contributed by atoms with Crippen molar-refractivity contribution in [3.63, 3.8) is 0 Å². The van der Waals surface area contributed by atoms with Gasteiger partial charge in [0.1, 0.15) is 0 Å². The van der Waals surface area contributed by atoms with Crippen LogP contribution in [-0.4, -0.2) is 25.0 Å². The lowest BCUT2D eigenvalue weighted by Gasteiger charge is -2.21. The summed E-state index contributed by atoms with van der Waals surface area (Å²) in [6, 6.07) is 7.34. The Morgan fingerprint density at radius 2 is 2.00 bits per heavy atom. The van der Waals surface area contributed by atoms with Gasteiger partial charge in [0.2, 0.25) is 10.0 Å². The predicted octanol–water partition coefficient (Wildman–Crippen LogP) is 2.08. The van der Waals surface area contributed by atoms with Crippen LogP contribution >= 0.6 is 0 Å². The summed E-state index contributed by atoms with van der Waals surface area (Å²) in [6.45, 7) is 6.53. The molecule has 0 atom stereocenters. The van der Waals surface area contributed by atoms with E-state index in [0.717, 1.165) is 5.56 Å². The van der Waals surface area contributed by atoms with Gasteiger partial charge in [-0.25, -0.2) is 8.42 Å². The summed E-state index contributed by atoms with van der Waals surface area (Å²) in [5, 5.41) is 0. The maximum absolute atomic E-state index is 12.2. The Kier molecular flexibility index (Phi) is 5.16. The van der Waals surface area contributed by atoms with E-state index in [4.69, 9.17) is 5.73 Å². The van der Waals surface area contributed by atoms with Crippen LogP contribution in [-0.2, 0) is 16.6 Å². The lowest BCUT2D eigenvalue weighted by Crippen LogP contribution is -2.33. The molecule has 5 heteroatoms. The zero-order valence-corrected chi connectivity index (χ0v) is 12.1. The highest BCUT2D eigenvalue weighted by molar-refractivity contribution is 7.89. The highest BCUT2D eigenvalue weighted by Gasteiger charge is 2.21. The Hall–Kier alpha value is -1.07. The van der Waals surface area contributed by atoms with Crippen molar-refractivity contribution in [3.8, 4) is 0 Å². The molecule has 0 heterocycles. The molecule has 0 aliphatic heterocycles. The van der Waals surface area contributed by atoms with E-state index in [1.165, 1.54) is 4.31 Å². The summed E-state index contributed by atoms with van der Waals surface area (Å²) in [6.07, 6.45) is 0. The molecular formula is C13H22N2O2S. The highest BCUT2D eigenvalue weighted by Crippen LogP contribution is 2.14. The van der Waals surface area contributed by atoms with Crippen molar-refractivity contribution in [1.82, 2.24) is 4.31 Å². The summed E-state index contributed by atoms with van der Waals surface area (Å²) in [7, 11) is -3.19. The van der Waals surface area contributed by atoms with Crippen molar-refractivity contribution in [3.05, 3.63) is 29.8 Å². The topological polar surface area (TPSA) is 63.4 Å². The lowest BCUT2D eigenvalue weighted by molar-refractivity contribution is 0.419. The van der Waals surface area contributed by atoms with Gasteiger partial charge in [-0.05, 0) is 23.6 Å². The number of benzene rings is 1. The van der Waals surface area contributed by atoms with Crippen LogP contribution in [0.25, 0.3) is 0 Å². The molecule has 0 aromatic heterocycles. The van der Waals surface area contributed by atoms with Crippen molar-refractivity contribution < 1.29 is 8.42 Å². The van der Waals surface area contributed by atoms with E-state index in [-0.39, 0.29) is 11.7 Å². The van der Waals surface area contributed by atoms with E-state index in [1.807, 2.05) is 39.0 Å². The number of hydrogen-bond acceptors (Lipinski definition) is 3. The Labute approximate surface area is 110 Å². The quantitative estimate of drug-likeness (QED) is 0.805. The number of hydrogen-bond donors (Lipinski definition) is 1. The van der Waals surface area contributed by atoms with E-state index in [9.17, 15) is 8.42 Å². The Morgan fingerprint density at radius 3 is 2.50 bits per heavy atom. The van der Waals surface area contributed by atoms with Crippen molar-refractivity contribution >= 4 is 15.7 Å². The molecule has 0 spiro atoms. The molecule has 2 N–H and O–H groups in total. The Balaban J connectivity index is 2.85. The molecule has 1 aromatic rings. The lowest BCUT2D eigenvalue weighted by atomic mass is 10.2. The van der Waals surface area contributed by atoms with Gasteiger partial charge in [-0.3, -0.25) is 0 Å². The zero-order valence-electron chi connectivity index (χ0n) is 11.3. The SMILES string of the molecule is CCN(Cc1cccc(N)c1)S(=O)(=O)CC(C)C. The van der Waals surface area contributed by atoms with Crippen LogP contribution in [0.2, 0.25) is 0 Å². The zero-order chi connectivity index (χ0) is 13.8. The van der Waals surface area contributed by atoms with E-state index < -0.39 is 10.0 Å². The second-order valence-electron chi connectivity index (χ2n) is 4.84. The summed E-state index contributed by atoms with van der Waals surface area (Å²) < 4.78 is 25.8. The molecular weight excluding hydrogens is 248 g/mol. The van der Waals surface area contributed by atoms with Gasteiger partial charge in [-0.15, -0.1) is 0 Å². The predicted molar refractivity (Wildman–Crippen MR) is 75.6 cm³/mol. The second kappa shape index (κ2) is 6.20. The van der Waals surface area contributed by atoms with Crippen LogP contribution in [0.5, 0.6) is 0 Å². The van der Waals surface area contributed by atoms with Gasteiger partial charge >= 0.3 is 0 Å². The molecule has 102 valence electrons. The molecule has 0 radical (unpaired) electrons. The summed E-state index contributed by atoms with van der Waals surface area (Å²) in [5.41, 5.74) is 7.28. The first-order valence-electron chi connectivity index (χ1n) is 6.17. The Morgan fingerprint density at radius 1 is 1.33 bits per heavy atom. The largest absolute Gasteiger partial charge is 0.399 e. The molecule has 0 bridgehead atoms. The van der Waals surface area contributed by atoms with Crippen molar-refractivity contribution in [1.29, 1.82) is 0 Å². The van der Waals surface area contributed by atoms with E-state index >= 15 is 0 Å². The van der Waals surface area contributed by atoms with Gasteiger partial charge in [0.05, 0.1) is 5.75 Å². The van der Waals surface area contributed by atoms with Crippen LogP contribution in [0.1, 0.15) is 26.3 Å². The van der Waals surface area contributed by atoms with Crippen molar-refractivity contribution in [2.24, 2.45) is 5.92 Å². The van der Waals surface area contributed by atoms with Gasteiger partial charge in [0.15, 0.2) is 0 Å². The maximum atomic E-state index is 12.2. The van der Waals surface area contributed by atoms with Gasteiger partial charge in [-0.1, -0.05) is 32.9 Å². The van der Waals surface area contributed by atoms with Crippen LogP contribution in [0.4, 0.5) is 5.69 Å². The number of rotatable bonds is 6. The third kappa shape index (κ3) is 4.31. The smallest absolute Gasteiger partial charge is 0.214 e. The van der Waals surface area contributed by atoms with Gasteiger partial charge < -0.3 is 5.73 Å². The number of anilines is 1. The van der Waals surface area contributed by atoms with E-state index in [2.05, 4.69) is 0 Å².